The zero-order chi connectivity index (χ0) is 7.28. The average Bonchev–Trinajstić information content (AvgIpc) is 1.63. The molecule has 9 heavy (non-hydrogen) atoms. The number of hydrogen-bond donors (Lipinski definition) is 1. The molecule has 0 amide bonds. The highest BCUT2D eigenvalue weighted by molar-refractivity contribution is 5.14. The third kappa shape index (κ3) is 4.74. The maximum Gasteiger partial charge on any atom is 0.145 e. The highest BCUT2D eigenvalue weighted by Gasteiger charge is 1.81. The minimum absolute atomic E-state index is 0.394. The van der Waals surface area contributed by atoms with Gasteiger partial charge in [-0.2, -0.15) is 5.11 Å². The third-order valence-electron chi connectivity index (χ3n) is 0.610. The molecule has 0 unspecified atom stereocenters. The van der Waals surface area contributed by atoms with Crippen LogP contribution in [0.25, 0.3) is 0 Å². The van der Waals surface area contributed by atoms with Crippen molar-refractivity contribution in [1.82, 2.24) is 0 Å². The number of azo groups is 1. The fraction of sp³-hybridized carbons (Fsp3) is 0.333. The Labute approximate surface area is 55.0 Å². The summed E-state index contributed by atoms with van der Waals surface area (Å²) in [6.07, 6.45) is 1.66. The molecule has 0 aliphatic rings. The van der Waals surface area contributed by atoms with Crippen molar-refractivity contribution in [3.8, 4) is 0 Å². The predicted molar refractivity (Wildman–Crippen MR) is 37.9 cm³/mol. The van der Waals surface area contributed by atoms with Gasteiger partial charge < -0.3 is 5.73 Å². The van der Waals surface area contributed by atoms with E-state index < -0.39 is 0 Å². The molecule has 0 aliphatic carbocycles. The summed E-state index contributed by atoms with van der Waals surface area (Å²) in [5.41, 5.74) is 6.20. The lowest BCUT2D eigenvalue weighted by Crippen LogP contribution is -1.91. The van der Waals surface area contributed by atoms with E-state index in [1.165, 1.54) is 0 Å². The van der Waals surface area contributed by atoms with Gasteiger partial charge in [0.15, 0.2) is 0 Å². The minimum atomic E-state index is 0.394. The predicted octanol–water partition coefficient (Wildman–Crippen LogP) is 1.44. The zero-order valence-electron chi connectivity index (χ0n) is 5.76. The van der Waals surface area contributed by atoms with Gasteiger partial charge in [-0.05, 0) is 13.0 Å². The molecule has 2 N–H and O–H groups in total. The molecule has 0 bridgehead atoms. The largest absolute Gasteiger partial charge is 0.382 e. The van der Waals surface area contributed by atoms with Gasteiger partial charge in [-0.15, -0.1) is 5.11 Å². The third-order valence-corrected chi connectivity index (χ3v) is 0.610. The summed E-state index contributed by atoms with van der Waals surface area (Å²) in [5, 5.41) is 7.05. The molecule has 0 aliphatic heterocycles. The summed E-state index contributed by atoms with van der Waals surface area (Å²) in [4.78, 5) is 0. The summed E-state index contributed by atoms with van der Waals surface area (Å²) in [7, 11) is 1.57. The molecule has 0 aromatic carbocycles. The maximum absolute atomic E-state index is 5.32. The van der Waals surface area contributed by atoms with Crippen molar-refractivity contribution in [2.75, 3.05) is 7.05 Å². The van der Waals surface area contributed by atoms with Crippen molar-refractivity contribution in [3.05, 3.63) is 24.0 Å². The van der Waals surface area contributed by atoms with Crippen LogP contribution < -0.4 is 5.73 Å². The van der Waals surface area contributed by atoms with Crippen molar-refractivity contribution in [3.63, 3.8) is 0 Å². The van der Waals surface area contributed by atoms with Gasteiger partial charge in [0.1, 0.15) is 5.82 Å². The first-order valence-corrected chi connectivity index (χ1v) is 2.59. The van der Waals surface area contributed by atoms with Gasteiger partial charge in [0.25, 0.3) is 0 Å². The second kappa shape index (κ2) is 3.83. The van der Waals surface area contributed by atoms with Crippen LogP contribution in [0.1, 0.15) is 6.92 Å². The molecule has 0 aromatic rings. The number of hydrogen-bond acceptors (Lipinski definition) is 3. The monoisotopic (exact) mass is 125 g/mol. The van der Waals surface area contributed by atoms with E-state index in [1.807, 2.05) is 6.92 Å². The van der Waals surface area contributed by atoms with Crippen LogP contribution >= 0.6 is 0 Å². The Bertz CT molecular complexity index is 156. The Hall–Kier alpha value is -1.12. The Balaban J connectivity index is 4.00. The minimum Gasteiger partial charge on any atom is -0.382 e. The van der Waals surface area contributed by atoms with Crippen LogP contribution in [0, 0.1) is 0 Å². The smallest absolute Gasteiger partial charge is 0.145 e. The molecule has 0 saturated carbocycles. The van der Waals surface area contributed by atoms with E-state index in [1.54, 1.807) is 13.1 Å². The SMILES string of the molecule is C=C(C)/C=C(/N)N=NC. The topological polar surface area (TPSA) is 50.7 Å². The molecule has 50 valence electrons. The van der Waals surface area contributed by atoms with Crippen molar-refractivity contribution in [2.24, 2.45) is 16.0 Å². The molecule has 0 aromatic heterocycles. The van der Waals surface area contributed by atoms with Crippen molar-refractivity contribution in [1.29, 1.82) is 0 Å². The van der Waals surface area contributed by atoms with Crippen molar-refractivity contribution < 1.29 is 0 Å². The van der Waals surface area contributed by atoms with Crippen LogP contribution in [-0.2, 0) is 0 Å². The molecule has 3 heteroatoms. The van der Waals surface area contributed by atoms with Crippen LogP contribution in [0.2, 0.25) is 0 Å². The molecular formula is C6H11N3. The van der Waals surface area contributed by atoms with Gasteiger partial charge >= 0.3 is 0 Å². The Morgan fingerprint density at radius 3 is 2.56 bits per heavy atom. The highest BCUT2D eigenvalue weighted by atomic mass is 15.1. The van der Waals surface area contributed by atoms with E-state index in [2.05, 4.69) is 16.8 Å². The van der Waals surface area contributed by atoms with Gasteiger partial charge in [0.2, 0.25) is 0 Å². The second-order valence-corrected chi connectivity index (χ2v) is 1.72. The van der Waals surface area contributed by atoms with E-state index in [-0.39, 0.29) is 0 Å². The van der Waals surface area contributed by atoms with Crippen LogP contribution in [0.3, 0.4) is 0 Å². The number of rotatable bonds is 2. The van der Waals surface area contributed by atoms with E-state index in [0.29, 0.717) is 5.82 Å². The summed E-state index contributed by atoms with van der Waals surface area (Å²) in [6, 6.07) is 0. The summed E-state index contributed by atoms with van der Waals surface area (Å²) in [5.74, 6) is 0.394. The quantitative estimate of drug-likeness (QED) is 0.440. The first-order valence-electron chi connectivity index (χ1n) is 2.59. The first-order chi connectivity index (χ1) is 4.16. The molecule has 0 saturated heterocycles. The number of nitrogens with two attached hydrogens (primary N) is 1. The molecule has 0 fully saturated rings. The van der Waals surface area contributed by atoms with Crippen LogP contribution in [0.15, 0.2) is 34.3 Å². The van der Waals surface area contributed by atoms with Gasteiger partial charge in [0.05, 0.1) is 0 Å². The Morgan fingerprint density at radius 1 is 1.67 bits per heavy atom. The van der Waals surface area contributed by atoms with Gasteiger partial charge in [-0.1, -0.05) is 12.2 Å². The van der Waals surface area contributed by atoms with Crippen LogP contribution in [0.4, 0.5) is 0 Å². The molecule has 0 heterocycles. The second-order valence-electron chi connectivity index (χ2n) is 1.72. The van der Waals surface area contributed by atoms with Gasteiger partial charge in [0, 0.05) is 7.05 Å². The number of allylic oxidation sites excluding steroid dienone is 2. The molecule has 3 nitrogen and oxygen atoms in total. The first kappa shape index (κ1) is 7.88. The molecule has 0 radical (unpaired) electrons. The summed E-state index contributed by atoms with van der Waals surface area (Å²) >= 11 is 0. The van der Waals surface area contributed by atoms with E-state index in [0.717, 1.165) is 5.57 Å². The van der Waals surface area contributed by atoms with E-state index in [4.69, 9.17) is 5.73 Å². The Kier molecular flexibility index (Phi) is 3.35. The molecule has 0 spiro atoms. The van der Waals surface area contributed by atoms with E-state index in [9.17, 15) is 0 Å². The maximum atomic E-state index is 5.32. The van der Waals surface area contributed by atoms with E-state index >= 15 is 0 Å². The average molecular weight is 125 g/mol. The van der Waals surface area contributed by atoms with Crippen LogP contribution in [-0.4, -0.2) is 7.05 Å². The summed E-state index contributed by atoms with van der Waals surface area (Å²) in [6.45, 7) is 5.46. The van der Waals surface area contributed by atoms with Crippen LogP contribution in [0.5, 0.6) is 0 Å². The summed E-state index contributed by atoms with van der Waals surface area (Å²) < 4.78 is 0. The van der Waals surface area contributed by atoms with Crippen molar-refractivity contribution in [2.45, 2.75) is 6.92 Å². The zero-order valence-corrected chi connectivity index (χ0v) is 5.76. The van der Waals surface area contributed by atoms with Crippen molar-refractivity contribution >= 4 is 0 Å². The van der Waals surface area contributed by atoms with Gasteiger partial charge in [-0.3, -0.25) is 0 Å². The highest BCUT2D eigenvalue weighted by Crippen LogP contribution is 1.94. The number of nitrogens with zero attached hydrogens (tertiary/aromatic N) is 2. The normalized spacial score (nSPS) is 12.4. The Morgan fingerprint density at radius 2 is 2.22 bits per heavy atom. The van der Waals surface area contributed by atoms with Gasteiger partial charge in [-0.25, -0.2) is 0 Å². The molecule has 0 rings (SSSR count). The lowest BCUT2D eigenvalue weighted by Gasteiger charge is -1.87. The fourth-order valence-electron chi connectivity index (χ4n) is 0.397. The lowest BCUT2D eigenvalue weighted by molar-refractivity contribution is 1.06. The fourth-order valence-corrected chi connectivity index (χ4v) is 0.397. The lowest BCUT2D eigenvalue weighted by atomic mass is 10.3. The molecule has 0 atom stereocenters. The molecular weight excluding hydrogens is 114 g/mol. The standard InChI is InChI=1S/C6H11N3/c1-5(2)4-6(7)9-8-3/h4H,1,7H2,2-3H3/b6-4-,9-8?.